The second-order valence-electron chi connectivity index (χ2n) is 19.2. The summed E-state index contributed by atoms with van der Waals surface area (Å²) < 4.78 is 94.5. The van der Waals surface area contributed by atoms with E-state index in [0.717, 1.165) is 23.4 Å². The van der Waals surface area contributed by atoms with Crippen molar-refractivity contribution in [1.29, 1.82) is 0 Å². The number of carbonyl (C=O) groups is 3. The van der Waals surface area contributed by atoms with Gasteiger partial charge in [-0.3, -0.25) is 21.5 Å². The monoisotopic (exact) mass is 1080 g/mol. The van der Waals surface area contributed by atoms with Crippen LogP contribution >= 0.6 is 25.6 Å². The van der Waals surface area contributed by atoms with Gasteiger partial charge in [0, 0.05) is 69.9 Å². The molecule has 370 valence electrons. The number of ether oxygens (including phenoxy) is 3. The Hall–Kier alpha value is -3.41. The van der Waals surface area contributed by atoms with E-state index < -0.39 is 46.3 Å². The van der Waals surface area contributed by atoms with Crippen molar-refractivity contribution in [2.45, 2.75) is 131 Å². The first-order chi connectivity index (χ1) is 29.9. The number of hydrogen-bond donors (Lipinski definition) is 0. The maximum absolute atomic E-state index is 13.3. The molecule has 2 aliphatic heterocycles. The molecule has 0 bridgehead atoms. The van der Waals surface area contributed by atoms with Gasteiger partial charge in [0.15, 0.2) is 5.97 Å². The Labute approximate surface area is 408 Å². The fourth-order valence-electron chi connectivity index (χ4n) is 5.97. The minimum absolute atomic E-state index is 0.250. The maximum atomic E-state index is 13.3. The van der Waals surface area contributed by atoms with Gasteiger partial charge in [0.2, 0.25) is 0 Å². The minimum atomic E-state index is -4.37. The molecular weight excluding hydrogens is 1020 g/mol. The Kier molecular flexibility index (Phi) is 25.6. The molecule has 0 unspecified atom stereocenters. The van der Waals surface area contributed by atoms with Crippen LogP contribution in [-0.2, 0) is 76.8 Å². The molecule has 2 amide bonds. The molecule has 0 atom stereocenters. The van der Waals surface area contributed by atoms with Gasteiger partial charge in [-0.1, -0.05) is 42.8 Å². The first-order valence-electron chi connectivity index (χ1n) is 20.7. The summed E-state index contributed by atoms with van der Waals surface area (Å²) in [5.74, 6) is -0.475. The number of rotatable bonds is 4. The van der Waals surface area contributed by atoms with Crippen LogP contribution in [0.25, 0.3) is 0 Å². The normalized spacial score (nSPS) is 15.1. The second-order valence-corrected chi connectivity index (χ2v) is 20.1. The first kappa shape index (κ1) is 62.6. The van der Waals surface area contributed by atoms with Crippen LogP contribution in [-0.4, -0.2) is 113 Å². The van der Waals surface area contributed by atoms with Crippen molar-refractivity contribution in [3.63, 3.8) is 0 Å². The molecule has 2 heterocycles. The quantitative estimate of drug-likeness (QED) is 0.0960. The Morgan fingerprint density at radius 1 is 0.576 bits per heavy atom. The first-order valence-corrected chi connectivity index (χ1v) is 25.4. The average molecular weight is 1080 g/mol. The molecule has 12 nitrogen and oxygen atoms in total. The third kappa shape index (κ3) is 26.8. The van der Waals surface area contributed by atoms with Crippen molar-refractivity contribution in [2.75, 3.05) is 52.4 Å². The summed E-state index contributed by atoms with van der Waals surface area (Å²) in [6.45, 7) is 30.3. The van der Waals surface area contributed by atoms with E-state index in [1.807, 2.05) is 73.3 Å². The van der Waals surface area contributed by atoms with E-state index in [-0.39, 0.29) is 23.8 Å². The van der Waals surface area contributed by atoms with E-state index in [2.05, 4.69) is 32.5 Å². The van der Waals surface area contributed by atoms with Gasteiger partial charge < -0.3 is 24.0 Å². The van der Waals surface area contributed by atoms with E-state index in [1.165, 1.54) is 18.2 Å². The van der Waals surface area contributed by atoms with Crippen molar-refractivity contribution in [3.05, 3.63) is 75.6 Å². The number of amides is 2. The number of nitrogens with zero attached hydrogens (tertiary/aromatic N) is 4. The molecule has 0 aliphatic carbocycles. The molecule has 2 aromatic rings. The number of piperazine rings is 2. The molecule has 2 fully saturated rings. The van der Waals surface area contributed by atoms with Gasteiger partial charge >= 0.3 is 57.7 Å². The molecule has 0 saturated carbocycles. The zero-order chi connectivity index (χ0) is 51.6. The molecule has 4 rings (SSSR count). The van der Waals surface area contributed by atoms with E-state index in [4.69, 9.17) is 28.8 Å². The molecular formula is C45H64BrClF6N4O8Zn. The number of benzene rings is 2. The Balaban J connectivity index is 0.00000102. The van der Waals surface area contributed by atoms with E-state index in [9.17, 15) is 40.7 Å². The summed E-state index contributed by atoms with van der Waals surface area (Å²) in [6, 6.07) is 8.26. The number of carbonyl (C=O) groups excluding carboxylic acids is 5. The molecule has 0 radical (unpaired) electrons. The van der Waals surface area contributed by atoms with Gasteiger partial charge in [-0.15, -0.1) is 0 Å². The second kappa shape index (κ2) is 27.0. The fraction of sp³-hybridized carbons (Fsp3) is 0.622. The van der Waals surface area contributed by atoms with Crippen LogP contribution in [0.5, 0.6) is 0 Å². The molecule has 2 aromatic carbocycles. The molecule has 0 aromatic heterocycles. The number of alkyl halides is 6. The van der Waals surface area contributed by atoms with E-state index >= 15 is 0 Å². The summed E-state index contributed by atoms with van der Waals surface area (Å²) >= 11 is 3.99. The standard InChI is InChI=1S/C21H31F3N2O2.C17H22BrF3N2O2.C6H11O2.CO2.ClH.Zn/c1-19(2,3)16-11-15(12-17(13-16)21(22,23)24)14-25-7-9-26(10-8-25)18(27)28-20(4,5)6;1-16(2,3)25-15(24)23-6-4-22(5-7-23)11-12-8-13(17(19,20)21)10-14(18)9-12;1-5(7)8-6(2,3)4;2-1-3;;/h11-13H,7-10,14H2,1-6H3;8-10H,4-7,11H2,1-3H3;1H2,2-4H3;;1H;/q;;-1;;;+2/p-1. The zero-order valence-corrected chi connectivity index (χ0v) is 45.3. The summed E-state index contributed by atoms with van der Waals surface area (Å²) in [4.78, 5) is 57.9. The molecule has 2 saturated heterocycles. The molecule has 2 aliphatic rings. The summed E-state index contributed by atoms with van der Waals surface area (Å²) in [5, 5.41) is 0. The predicted molar refractivity (Wildman–Crippen MR) is 238 cm³/mol. The zero-order valence-electron chi connectivity index (χ0n) is 40.0. The molecule has 21 heteroatoms. The summed E-state index contributed by atoms with van der Waals surface area (Å²) in [5.41, 5.74) is -1.22. The van der Waals surface area contributed by atoms with Crippen LogP contribution in [0.15, 0.2) is 40.9 Å². The SMILES string of the molecule is CC(C)(C)OC(=O)N1CCN(Cc2cc(Br)cc(C(F)(F)F)c2)CC1.CC(C)(C)OC(=O)N1CCN(Cc2cc(C(C)(C)C)cc(C(F)(F)F)c2)CC1.O=C=O.[CH2-]C(=O)OC(C)(C)C.[Cl][Zn+]. The van der Waals surface area contributed by atoms with Crippen LogP contribution < -0.4 is 0 Å². The van der Waals surface area contributed by atoms with Crippen LogP contribution in [0.1, 0.15) is 111 Å². The topological polar surface area (TPSA) is 126 Å². The third-order valence-electron chi connectivity index (χ3n) is 8.75. The van der Waals surface area contributed by atoms with Gasteiger partial charge in [-0.05, 0) is 115 Å². The Morgan fingerprint density at radius 2 is 0.879 bits per heavy atom. The van der Waals surface area contributed by atoms with Crippen molar-refractivity contribution < 1.29 is 81.8 Å². The van der Waals surface area contributed by atoms with Crippen LogP contribution in [0, 0.1) is 6.92 Å². The number of esters is 1. The van der Waals surface area contributed by atoms with Gasteiger partial charge in [0.05, 0.1) is 11.1 Å². The molecule has 66 heavy (non-hydrogen) atoms. The number of halogens is 8. The third-order valence-corrected chi connectivity index (χ3v) is 9.21. The van der Waals surface area contributed by atoms with Crippen molar-refractivity contribution in [1.82, 2.24) is 19.6 Å². The Morgan fingerprint density at radius 3 is 1.15 bits per heavy atom. The molecule has 0 N–H and O–H groups in total. The van der Waals surface area contributed by atoms with Crippen LogP contribution in [0.4, 0.5) is 35.9 Å². The van der Waals surface area contributed by atoms with Crippen molar-refractivity contribution in [2.24, 2.45) is 0 Å². The summed E-state index contributed by atoms with van der Waals surface area (Å²) in [6.07, 6.45) is -9.19. The number of hydrogen-bond acceptors (Lipinski definition) is 10. The van der Waals surface area contributed by atoms with Crippen LogP contribution in [0.3, 0.4) is 0 Å². The van der Waals surface area contributed by atoms with Crippen LogP contribution in [0.2, 0.25) is 0 Å². The van der Waals surface area contributed by atoms with Gasteiger partial charge in [0.25, 0.3) is 0 Å². The fourth-order valence-corrected chi connectivity index (χ4v) is 6.51. The van der Waals surface area contributed by atoms with E-state index in [0.29, 0.717) is 86.6 Å². The Bertz CT molecular complexity index is 1840. The van der Waals surface area contributed by atoms with Gasteiger partial charge in [-0.2, -0.15) is 35.9 Å². The average Bonchev–Trinajstić information content (AvgIpc) is 3.13. The van der Waals surface area contributed by atoms with Gasteiger partial charge in [-0.25, -0.2) is 9.59 Å². The van der Waals surface area contributed by atoms with E-state index in [1.54, 1.807) is 36.6 Å². The summed E-state index contributed by atoms with van der Waals surface area (Å²) in [7, 11) is 4.76. The van der Waals surface area contributed by atoms with Gasteiger partial charge in [0.1, 0.15) is 16.8 Å². The molecule has 0 spiro atoms. The van der Waals surface area contributed by atoms with Crippen molar-refractivity contribution in [3.8, 4) is 0 Å². The predicted octanol–water partition coefficient (Wildman–Crippen LogP) is 10.8. The van der Waals surface area contributed by atoms with Crippen molar-refractivity contribution >= 4 is 49.9 Å².